The van der Waals surface area contributed by atoms with Crippen LogP contribution in [-0.4, -0.2) is 70.6 Å². The number of hydrogen-bond donors (Lipinski definition) is 4. The van der Waals surface area contributed by atoms with Gasteiger partial charge in [0, 0.05) is 60.2 Å². The number of hydrogen-bond acceptors (Lipinski definition) is 10. The van der Waals surface area contributed by atoms with Crippen LogP contribution >= 0.6 is 23.2 Å². The summed E-state index contributed by atoms with van der Waals surface area (Å²) in [6.07, 6.45) is 4.87. The lowest BCUT2D eigenvalue weighted by molar-refractivity contribution is -0.142. The maximum absolute atomic E-state index is 11.7. The highest BCUT2D eigenvalue weighted by Gasteiger charge is 2.58. The van der Waals surface area contributed by atoms with Crippen molar-refractivity contribution in [2.24, 2.45) is 5.41 Å². The quantitative estimate of drug-likeness (QED) is 0.118. The van der Waals surface area contributed by atoms with E-state index >= 15 is 0 Å². The molecular weight excluding hydrogens is 717 g/mol. The number of halogens is 2. The largest absolute Gasteiger partial charge is 0.481 e. The average Bonchev–Trinajstić information content (AvgIpc) is 3.35. The molecule has 4 aliphatic rings. The summed E-state index contributed by atoms with van der Waals surface area (Å²) >= 11 is 14.0. The summed E-state index contributed by atoms with van der Waals surface area (Å²) in [6.45, 7) is 2.41. The first kappa shape index (κ1) is 35.6. The molecular formula is C40H41Cl2N5O6. The monoisotopic (exact) mass is 757 g/mol. The van der Waals surface area contributed by atoms with Gasteiger partial charge in [0.15, 0.2) is 0 Å². The lowest BCUT2D eigenvalue weighted by Gasteiger charge is -2.21. The lowest BCUT2D eigenvalue weighted by atomic mass is 9.94. The van der Waals surface area contributed by atoms with E-state index in [1.807, 2.05) is 47.4 Å². The predicted molar refractivity (Wildman–Crippen MR) is 201 cm³/mol. The van der Waals surface area contributed by atoms with Crippen molar-refractivity contribution in [2.75, 3.05) is 27.3 Å². The Bertz CT molecular complexity index is 2110. The summed E-state index contributed by atoms with van der Waals surface area (Å²) in [6, 6.07) is 18.2. The minimum Gasteiger partial charge on any atom is -0.481 e. The molecule has 4 aromatic rings. The zero-order valence-electron chi connectivity index (χ0n) is 29.5. The molecule has 2 saturated heterocycles. The number of aliphatic hydroxyl groups excluding tert-OH is 1. The van der Waals surface area contributed by atoms with Gasteiger partial charge in [-0.05, 0) is 67.0 Å². The van der Waals surface area contributed by atoms with Gasteiger partial charge < -0.3 is 34.6 Å². The summed E-state index contributed by atoms with van der Waals surface area (Å²) < 4.78 is 17.8. The zero-order chi connectivity index (χ0) is 36.9. The van der Waals surface area contributed by atoms with Crippen molar-refractivity contribution in [1.29, 1.82) is 0 Å². The smallest absolute Gasteiger partial charge is 0.319 e. The van der Waals surface area contributed by atoms with Crippen molar-refractivity contribution in [3.8, 4) is 40.0 Å². The third kappa shape index (κ3) is 6.70. The second kappa shape index (κ2) is 14.4. The van der Waals surface area contributed by atoms with Crippen LogP contribution in [-0.2, 0) is 24.3 Å². The number of carboxylic acid groups (broad SMARTS) is 1. The van der Waals surface area contributed by atoms with Gasteiger partial charge in [-0.3, -0.25) is 10.1 Å². The summed E-state index contributed by atoms with van der Waals surface area (Å²) in [5.41, 5.74) is 7.37. The van der Waals surface area contributed by atoms with E-state index in [0.717, 1.165) is 76.9 Å². The number of methoxy groups -OCH3 is 2. The standard InChI is InChI=1S/C40H41Cl2N5O6/c1-51-36-22(19-43-20-24-10-14-34(48)44-24)9-12-31(45-36)29-8-4-7-28(35(29)42)25-5-3-6-27-26(25)11-13-32(27)53-38-30(41)17-23(37(46-38)52-2)21-47-16-15-40(39(49)50)18-33(40)47/h3-9,12,17-18,24,32,34,43-44,48H,10-11,13-16,19-21H2,1-2H3,(H,49,50)/t24-,32-,34?,40?/m0/s1. The molecule has 2 aliphatic heterocycles. The summed E-state index contributed by atoms with van der Waals surface area (Å²) in [4.78, 5) is 23.3. The molecule has 4 heterocycles. The van der Waals surface area contributed by atoms with Gasteiger partial charge in [0.25, 0.3) is 0 Å². The Kier molecular flexibility index (Phi) is 9.71. The van der Waals surface area contributed by atoms with E-state index < -0.39 is 17.6 Å². The molecule has 0 radical (unpaired) electrons. The van der Waals surface area contributed by atoms with Gasteiger partial charge in [-0.25, -0.2) is 4.98 Å². The van der Waals surface area contributed by atoms with Crippen molar-refractivity contribution in [2.45, 2.75) is 63.6 Å². The average molecular weight is 759 g/mol. The molecule has 0 spiro atoms. The van der Waals surface area contributed by atoms with Crippen LogP contribution in [0.1, 0.15) is 54.0 Å². The second-order valence-corrected chi connectivity index (χ2v) is 14.8. The summed E-state index contributed by atoms with van der Waals surface area (Å²) in [7, 11) is 3.18. The molecule has 8 rings (SSSR count). The summed E-state index contributed by atoms with van der Waals surface area (Å²) in [5.74, 6) is 0.408. The van der Waals surface area contributed by atoms with Crippen LogP contribution in [0.25, 0.3) is 22.4 Å². The molecule has 13 heteroatoms. The number of nitrogens with one attached hydrogen (secondary N) is 2. The SMILES string of the molecule is COc1nc(-c2cccc(-c3cccc4c3CC[C@@H]4Oc3nc(OC)c(CN4CCC5(C(=O)O)C=C45)cc3Cl)c2Cl)ccc1CNC[C@@H]1CCC(O)N1. The van der Waals surface area contributed by atoms with Crippen LogP contribution in [0.4, 0.5) is 0 Å². The van der Waals surface area contributed by atoms with Crippen molar-refractivity contribution in [3.63, 3.8) is 0 Å². The Labute approximate surface area is 317 Å². The minimum absolute atomic E-state index is 0.238. The molecule has 2 unspecified atom stereocenters. The number of benzene rings is 2. The van der Waals surface area contributed by atoms with Crippen molar-refractivity contribution >= 4 is 29.2 Å². The molecule has 276 valence electrons. The van der Waals surface area contributed by atoms with E-state index in [1.165, 1.54) is 0 Å². The van der Waals surface area contributed by atoms with Crippen molar-refractivity contribution in [3.05, 3.63) is 98.7 Å². The van der Waals surface area contributed by atoms with Gasteiger partial charge in [-0.15, -0.1) is 0 Å². The lowest BCUT2D eigenvalue weighted by Crippen LogP contribution is -2.37. The molecule has 0 bridgehead atoms. The first-order valence-corrected chi connectivity index (χ1v) is 18.7. The molecule has 0 amide bonds. The maximum Gasteiger partial charge on any atom is 0.319 e. The number of rotatable bonds is 13. The Morgan fingerprint density at radius 1 is 0.981 bits per heavy atom. The van der Waals surface area contributed by atoms with E-state index in [9.17, 15) is 15.0 Å². The number of likely N-dealkylation sites (tertiary alicyclic amines) is 1. The minimum atomic E-state index is -0.818. The molecule has 2 aromatic heterocycles. The van der Waals surface area contributed by atoms with Gasteiger partial charge in [0.1, 0.15) is 22.8 Å². The number of carbonyl (C=O) groups is 1. The molecule has 2 aromatic carbocycles. The molecule has 2 fully saturated rings. The normalized spacial score (nSPS) is 22.7. The number of aliphatic hydroxyl groups is 1. The van der Waals surface area contributed by atoms with Gasteiger partial charge in [0.05, 0.1) is 24.9 Å². The second-order valence-electron chi connectivity index (χ2n) is 14.1. The Morgan fingerprint density at radius 3 is 2.49 bits per heavy atom. The highest BCUT2D eigenvalue weighted by molar-refractivity contribution is 6.36. The zero-order valence-corrected chi connectivity index (χ0v) is 31.0. The number of aromatic nitrogens is 2. The van der Waals surface area contributed by atoms with Crippen LogP contribution in [0.15, 0.2) is 66.4 Å². The van der Waals surface area contributed by atoms with Crippen molar-refractivity contribution in [1.82, 2.24) is 25.5 Å². The van der Waals surface area contributed by atoms with Gasteiger partial charge in [0.2, 0.25) is 17.6 Å². The third-order valence-corrected chi connectivity index (χ3v) is 11.6. The first-order valence-electron chi connectivity index (χ1n) is 17.9. The highest BCUT2D eigenvalue weighted by Crippen LogP contribution is 2.55. The fraction of sp³-hybridized carbons (Fsp3) is 0.375. The van der Waals surface area contributed by atoms with E-state index in [0.29, 0.717) is 53.6 Å². The molecule has 4 atom stereocenters. The van der Waals surface area contributed by atoms with Crippen LogP contribution in [0.3, 0.4) is 0 Å². The highest BCUT2D eigenvalue weighted by atomic mass is 35.5. The number of nitrogens with zero attached hydrogens (tertiary/aromatic N) is 3. The number of carboxylic acids is 1. The fourth-order valence-electron chi connectivity index (χ4n) is 8.05. The van der Waals surface area contributed by atoms with Crippen LogP contribution in [0.2, 0.25) is 10.0 Å². The fourth-order valence-corrected chi connectivity index (χ4v) is 8.59. The number of aliphatic carboxylic acids is 1. The summed E-state index contributed by atoms with van der Waals surface area (Å²) in [5, 5.41) is 27.0. The van der Waals surface area contributed by atoms with E-state index in [1.54, 1.807) is 20.3 Å². The predicted octanol–water partition coefficient (Wildman–Crippen LogP) is 6.54. The van der Waals surface area contributed by atoms with Crippen LogP contribution in [0, 0.1) is 5.41 Å². The molecule has 53 heavy (non-hydrogen) atoms. The number of pyridine rings is 2. The third-order valence-electron chi connectivity index (χ3n) is 10.9. The Balaban J connectivity index is 0.993. The van der Waals surface area contributed by atoms with Gasteiger partial charge in [-0.1, -0.05) is 65.7 Å². The Hall–Kier alpha value is -4.39. The number of ether oxygens (including phenoxy) is 3. The van der Waals surface area contributed by atoms with Crippen LogP contribution in [0.5, 0.6) is 17.6 Å². The number of fused-ring (bicyclic) bond motifs is 2. The van der Waals surface area contributed by atoms with E-state index in [-0.39, 0.29) is 18.0 Å². The van der Waals surface area contributed by atoms with Gasteiger partial charge in [-0.2, -0.15) is 4.98 Å². The first-order chi connectivity index (χ1) is 25.7. The molecule has 2 aliphatic carbocycles. The maximum atomic E-state index is 11.7. The molecule has 0 saturated carbocycles. The topological polar surface area (TPSA) is 138 Å². The molecule has 11 nitrogen and oxygen atoms in total. The van der Waals surface area contributed by atoms with Crippen LogP contribution < -0.4 is 24.8 Å². The van der Waals surface area contributed by atoms with E-state index in [2.05, 4.69) is 27.8 Å². The van der Waals surface area contributed by atoms with Gasteiger partial charge >= 0.3 is 5.97 Å². The Morgan fingerprint density at radius 2 is 1.75 bits per heavy atom. The van der Waals surface area contributed by atoms with E-state index in [4.69, 9.17) is 42.4 Å². The molecule has 4 N–H and O–H groups in total. The van der Waals surface area contributed by atoms with Crippen molar-refractivity contribution < 1.29 is 29.2 Å².